The van der Waals surface area contributed by atoms with Gasteiger partial charge in [-0.1, -0.05) is 29.5 Å². The summed E-state index contributed by atoms with van der Waals surface area (Å²) in [6.45, 7) is 3.84. The molecule has 0 spiro atoms. The number of benzene rings is 1. The van der Waals surface area contributed by atoms with E-state index < -0.39 is 10.9 Å². The van der Waals surface area contributed by atoms with Gasteiger partial charge in [0.05, 0.1) is 4.92 Å². The van der Waals surface area contributed by atoms with Crippen molar-refractivity contribution in [1.82, 2.24) is 4.98 Å². The van der Waals surface area contributed by atoms with Crippen molar-refractivity contribution in [3.05, 3.63) is 57.3 Å². The highest BCUT2D eigenvalue weighted by atomic mass is 32.2. The van der Waals surface area contributed by atoms with Crippen molar-refractivity contribution >= 4 is 23.4 Å². The quantitative estimate of drug-likeness (QED) is 0.686. The van der Waals surface area contributed by atoms with Gasteiger partial charge in [-0.25, -0.2) is 9.78 Å². The number of carbonyl (C=O) groups is 1. The number of carboxylic acids is 1. The van der Waals surface area contributed by atoms with Crippen LogP contribution in [-0.4, -0.2) is 21.0 Å². The van der Waals surface area contributed by atoms with E-state index in [1.807, 2.05) is 32.0 Å². The van der Waals surface area contributed by atoms with Crippen LogP contribution < -0.4 is 0 Å². The van der Waals surface area contributed by atoms with Crippen LogP contribution in [0.25, 0.3) is 0 Å². The van der Waals surface area contributed by atoms with Crippen molar-refractivity contribution in [3.8, 4) is 0 Å². The lowest BCUT2D eigenvalue weighted by Gasteiger charge is -2.07. The van der Waals surface area contributed by atoms with Gasteiger partial charge in [0.2, 0.25) is 0 Å². The highest BCUT2D eigenvalue weighted by molar-refractivity contribution is 7.99. The standard InChI is InChI=1S/C14H12N2O4S/c1-8-3-6-12(9(2)7-8)21-13-11(16(19)20)5-4-10(15-13)14(17)18/h3-7H,1-2H3,(H,17,18). The summed E-state index contributed by atoms with van der Waals surface area (Å²) in [5.41, 5.74) is 1.62. The first kappa shape index (κ1) is 15.0. The van der Waals surface area contributed by atoms with Crippen LogP contribution in [0.15, 0.2) is 40.3 Å². The Balaban J connectivity index is 2.48. The van der Waals surface area contributed by atoms with E-state index >= 15 is 0 Å². The topological polar surface area (TPSA) is 93.3 Å². The smallest absolute Gasteiger partial charge is 0.354 e. The van der Waals surface area contributed by atoms with Gasteiger partial charge in [0.15, 0.2) is 5.03 Å². The molecule has 0 unspecified atom stereocenters. The zero-order valence-corrected chi connectivity index (χ0v) is 12.2. The first-order valence-electron chi connectivity index (χ1n) is 6.02. The Labute approximate surface area is 125 Å². The summed E-state index contributed by atoms with van der Waals surface area (Å²) in [4.78, 5) is 26.1. The van der Waals surface area contributed by atoms with Gasteiger partial charge in [0, 0.05) is 11.0 Å². The Morgan fingerprint density at radius 3 is 2.57 bits per heavy atom. The van der Waals surface area contributed by atoms with Crippen LogP contribution in [0, 0.1) is 24.0 Å². The number of nitrogens with zero attached hydrogens (tertiary/aromatic N) is 2. The average Bonchev–Trinajstić information content (AvgIpc) is 2.41. The molecule has 108 valence electrons. The van der Waals surface area contributed by atoms with Gasteiger partial charge < -0.3 is 5.11 Å². The molecule has 7 heteroatoms. The van der Waals surface area contributed by atoms with E-state index in [1.54, 1.807) is 0 Å². The molecule has 0 bridgehead atoms. The van der Waals surface area contributed by atoms with E-state index in [1.165, 1.54) is 6.07 Å². The normalized spacial score (nSPS) is 10.4. The fourth-order valence-electron chi connectivity index (χ4n) is 1.78. The highest BCUT2D eigenvalue weighted by Gasteiger charge is 2.20. The molecule has 1 aromatic heterocycles. The number of rotatable bonds is 4. The van der Waals surface area contributed by atoms with Gasteiger partial charge in [-0.3, -0.25) is 10.1 Å². The van der Waals surface area contributed by atoms with Crippen LogP contribution >= 0.6 is 11.8 Å². The summed E-state index contributed by atoms with van der Waals surface area (Å²) >= 11 is 1.09. The number of aromatic carboxylic acids is 1. The second-order valence-electron chi connectivity index (χ2n) is 4.45. The molecule has 0 saturated heterocycles. The van der Waals surface area contributed by atoms with Crippen LogP contribution in [0.2, 0.25) is 0 Å². The number of nitro groups is 1. The average molecular weight is 304 g/mol. The number of hydrogen-bond acceptors (Lipinski definition) is 5. The monoisotopic (exact) mass is 304 g/mol. The SMILES string of the molecule is Cc1ccc(Sc2nc(C(=O)O)ccc2[N+](=O)[O-])c(C)c1. The number of hydrogen-bond donors (Lipinski definition) is 1. The fourth-order valence-corrected chi connectivity index (χ4v) is 2.74. The van der Waals surface area contributed by atoms with E-state index in [-0.39, 0.29) is 16.4 Å². The van der Waals surface area contributed by atoms with Crippen LogP contribution in [0.3, 0.4) is 0 Å². The second-order valence-corrected chi connectivity index (χ2v) is 5.48. The van der Waals surface area contributed by atoms with Crippen molar-refractivity contribution in [2.75, 3.05) is 0 Å². The predicted octanol–water partition coefficient (Wildman–Crippen LogP) is 3.46. The van der Waals surface area contributed by atoms with Crippen molar-refractivity contribution in [3.63, 3.8) is 0 Å². The van der Waals surface area contributed by atoms with E-state index in [4.69, 9.17) is 5.11 Å². The summed E-state index contributed by atoms with van der Waals surface area (Å²) in [5.74, 6) is -1.22. The molecule has 2 aromatic rings. The highest BCUT2D eigenvalue weighted by Crippen LogP contribution is 2.35. The van der Waals surface area contributed by atoms with Gasteiger partial charge in [-0.05, 0) is 31.5 Å². The molecular formula is C14H12N2O4S. The lowest BCUT2D eigenvalue weighted by Crippen LogP contribution is -2.03. The van der Waals surface area contributed by atoms with Gasteiger partial charge >= 0.3 is 11.7 Å². The third-order valence-corrected chi connectivity index (χ3v) is 3.96. The molecule has 2 rings (SSSR count). The van der Waals surface area contributed by atoms with Gasteiger partial charge in [-0.15, -0.1) is 0 Å². The van der Waals surface area contributed by atoms with Gasteiger partial charge in [-0.2, -0.15) is 0 Å². The molecule has 1 heterocycles. The van der Waals surface area contributed by atoms with Crippen molar-refractivity contribution < 1.29 is 14.8 Å². The first-order chi connectivity index (χ1) is 9.88. The van der Waals surface area contributed by atoms with Crippen LogP contribution in [0.1, 0.15) is 21.6 Å². The number of aromatic nitrogens is 1. The molecule has 0 fully saturated rings. The molecule has 0 aliphatic rings. The Kier molecular flexibility index (Phi) is 4.23. The molecular weight excluding hydrogens is 292 g/mol. The Bertz CT molecular complexity index is 731. The summed E-state index contributed by atoms with van der Waals surface area (Å²) in [6.07, 6.45) is 0. The third-order valence-electron chi connectivity index (χ3n) is 2.79. The fraction of sp³-hybridized carbons (Fsp3) is 0.143. The van der Waals surface area contributed by atoms with Crippen molar-refractivity contribution in [2.24, 2.45) is 0 Å². The lowest BCUT2D eigenvalue weighted by molar-refractivity contribution is -0.388. The summed E-state index contributed by atoms with van der Waals surface area (Å²) < 4.78 is 0. The summed E-state index contributed by atoms with van der Waals surface area (Å²) in [5, 5.41) is 20.1. The molecule has 0 aliphatic heterocycles. The zero-order valence-electron chi connectivity index (χ0n) is 11.4. The molecule has 21 heavy (non-hydrogen) atoms. The summed E-state index contributed by atoms with van der Waals surface area (Å²) in [7, 11) is 0. The molecule has 1 aromatic carbocycles. The van der Waals surface area contributed by atoms with E-state index in [0.717, 1.165) is 33.9 Å². The van der Waals surface area contributed by atoms with Crippen LogP contribution in [0.5, 0.6) is 0 Å². The molecule has 0 radical (unpaired) electrons. The minimum Gasteiger partial charge on any atom is -0.477 e. The van der Waals surface area contributed by atoms with Crippen molar-refractivity contribution in [1.29, 1.82) is 0 Å². The Hall–Kier alpha value is -2.41. The first-order valence-corrected chi connectivity index (χ1v) is 6.84. The lowest BCUT2D eigenvalue weighted by atomic mass is 10.2. The molecule has 0 saturated carbocycles. The van der Waals surface area contributed by atoms with Crippen LogP contribution in [0.4, 0.5) is 5.69 Å². The van der Waals surface area contributed by atoms with E-state index in [9.17, 15) is 14.9 Å². The predicted molar refractivity (Wildman–Crippen MR) is 77.9 cm³/mol. The molecule has 1 N–H and O–H groups in total. The maximum absolute atomic E-state index is 11.0. The Morgan fingerprint density at radius 2 is 2.00 bits per heavy atom. The minimum absolute atomic E-state index is 0.0758. The molecule has 0 amide bonds. The van der Waals surface area contributed by atoms with E-state index in [2.05, 4.69) is 4.98 Å². The maximum atomic E-state index is 11.0. The summed E-state index contributed by atoms with van der Waals surface area (Å²) in [6, 6.07) is 7.99. The Morgan fingerprint density at radius 1 is 1.29 bits per heavy atom. The minimum atomic E-state index is -1.22. The zero-order chi connectivity index (χ0) is 15.6. The van der Waals surface area contributed by atoms with Gasteiger partial charge in [0.1, 0.15) is 5.69 Å². The largest absolute Gasteiger partial charge is 0.477 e. The number of pyridine rings is 1. The number of carboxylic acid groups (broad SMARTS) is 1. The number of aryl methyl sites for hydroxylation is 2. The molecule has 0 aliphatic carbocycles. The molecule has 0 atom stereocenters. The van der Waals surface area contributed by atoms with E-state index in [0.29, 0.717) is 0 Å². The molecule has 6 nitrogen and oxygen atoms in total. The third kappa shape index (κ3) is 3.38. The van der Waals surface area contributed by atoms with Crippen molar-refractivity contribution in [2.45, 2.75) is 23.8 Å². The second kappa shape index (κ2) is 5.92. The maximum Gasteiger partial charge on any atom is 0.354 e. The van der Waals surface area contributed by atoms with Crippen LogP contribution in [-0.2, 0) is 0 Å². The van der Waals surface area contributed by atoms with Gasteiger partial charge in [0.25, 0.3) is 0 Å².